The standard InChI is InChI=1S/C12H21NO2/c1-13-10-3-2-4-11(13)6-12(14,5-10)9-7-15-8-9/h9-11,14H,2-8H2,1H3. The predicted octanol–water partition coefficient (Wildman–Crippen LogP) is 1.01. The molecule has 3 heterocycles. The van der Waals surface area contributed by atoms with Crippen molar-refractivity contribution in [3.05, 3.63) is 0 Å². The van der Waals surface area contributed by atoms with Crippen LogP contribution in [0.3, 0.4) is 0 Å². The molecule has 0 radical (unpaired) electrons. The average Bonchev–Trinajstić information content (AvgIpc) is 2.04. The zero-order chi connectivity index (χ0) is 10.5. The van der Waals surface area contributed by atoms with Gasteiger partial charge in [0.1, 0.15) is 0 Å². The van der Waals surface area contributed by atoms with Crippen molar-refractivity contribution in [3.8, 4) is 0 Å². The molecule has 3 aliphatic rings. The molecule has 0 aromatic carbocycles. The topological polar surface area (TPSA) is 32.7 Å². The molecule has 2 unspecified atom stereocenters. The Labute approximate surface area is 91.4 Å². The van der Waals surface area contributed by atoms with Gasteiger partial charge in [-0.25, -0.2) is 0 Å². The first kappa shape index (κ1) is 10.1. The minimum Gasteiger partial charge on any atom is -0.389 e. The van der Waals surface area contributed by atoms with Crippen LogP contribution >= 0.6 is 0 Å². The fourth-order valence-electron chi connectivity index (χ4n) is 3.57. The Balaban J connectivity index is 1.77. The highest BCUT2D eigenvalue weighted by Gasteiger charge is 2.49. The maximum atomic E-state index is 10.7. The van der Waals surface area contributed by atoms with E-state index in [9.17, 15) is 5.11 Å². The zero-order valence-electron chi connectivity index (χ0n) is 9.48. The van der Waals surface area contributed by atoms with Crippen molar-refractivity contribution in [3.63, 3.8) is 0 Å². The van der Waals surface area contributed by atoms with E-state index in [1.54, 1.807) is 0 Å². The van der Waals surface area contributed by atoms with Gasteiger partial charge in [-0.05, 0) is 32.7 Å². The first-order chi connectivity index (χ1) is 7.19. The first-order valence-electron chi connectivity index (χ1n) is 6.21. The van der Waals surface area contributed by atoms with Crippen LogP contribution in [0.25, 0.3) is 0 Å². The summed E-state index contributed by atoms with van der Waals surface area (Å²) >= 11 is 0. The molecule has 1 N–H and O–H groups in total. The minimum atomic E-state index is -0.416. The van der Waals surface area contributed by atoms with E-state index in [0.717, 1.165) is 26.1 Å². The zero-order valence-corrected chi connectivity index (χ0v) is 9.48. The molecular weight excluding hydrogens is 190 g/mol. The van der Waals surface area contributed by atoms with Gasteiger partial charge in [-0.2, -0.15) is 0 Å². The van der Waals surface area contributed by atoms with Crippen molar-refractivity contribution in [1.29, 1.82) is 0 Å². The van der Waals surface area contributed by atoms with Crippen LogP contribution < -0.4 is 0 Å². The molecule has 0 aromatic heterocycles. The van der Waals surface area contributed by atoms with E-state index in [0.29, 0.717) is 18.0 Å². The van der Waals surface area contributed by atoms with Gasteiger partial charge in [0.15, 0.2) is 0 Å². The number of fused-ring (bicyclic) bond motifs is 2. The van der Waals surface area contributed by atoms with Crippen LogP contribution in [0.4, 0.5) is 0 Å². The summed E-state index contributed by atoms with van der Waals surface area (Å²) in [6, 6.07) is 1.23. The number of rotatable bonds is 1. The lowest BCUT2D eigenvalue weighted by Gasteiger charge is -2.54. The Morgan fingerprint density at radius 2 is 1.80 bits per heavy atom. The number of hydrogen-bond donors (Lipinski definition) is 1. The molecule has 0 aromatic rings. The molecule has 3 aliphatic heterocycles. The van der Waals surface area contributed by atoms with Crippen LogP contribution in [0.15, 0.2) is 0 Å². The van der Waals surface area contributed by atoms with Crippen LogP contribution in [0.2, 0.25) is 0 Å². The van der Waals surface area contributed by atoms with Gasteiger partial charge in [-0.1, -0.05) is 6.42 Å². The first-order valence-corrected chi connectivity index (χ1v) is 6.21. The molecule has 0 aliphatic carbocycles. The second-order valence-corrected chi connectivity index (χ2v) is 5.65. The van der Waals surface area contributed by atoms with Gasteiger partial charge in [0, 0.05) is 18.0 Å². The van der Waals surface area contributed by atoms with Crippen LogP contribution in [-0.4, -0.2) is 48.0 Å². The van der Waals surface area contributed by atoms with Gasteiger partial charge >= 0.3 is 0 Å². The van der Waals surface area contributed by atoms with E-state index in [-0.39, 0.29) is 0 Å². The summed E-state index contributed by atoms with van der Waals surface area (Å²) in [6.45, 7) is 1.55. The summed E-state index contributed by atoms with van der Waals surface area (Å²) in [7, 11) is 2.23. The molecular formula is C12H21NO2. The number of ether oxygens (including phenoxy) is 1. The molecule has 0 saturated carbocycles. The van der Waals surface area contributed by atoms with Crippen molar-refractivity contribution < 1.29 is 9.84 Å². The highest BCUT2D eigenvalue weighted by atomic mass is 16.5. The monoisotopic (exact) mass is 211 g/mol. The summed E-state index contributed by atoms with van der Waals surface area (Å²) in [4.78, 5) is 2.50. The smallest absolute Gasteiger partial charge is 0.0749 e. The molecule has 86 valence electrons. The Bertz CT molecular complexity index is 238. The van der Waals surface area contributed by atoms with E-state index in [4.69, 9.17) is 4.74 Å². The summed E-state index contributed by atoms with van der Waals surface area (Å²) in [5, 5.41) is 10.7. The predicted molar refractivity (Wildman–Crippen MR) is 57.7 cm³/mol. The Morgan fingerprint density at radius 3 is 2.27 bits per heavy atom. The number of hydrogen-bond acceptors (Lipinski definition) is 3. The van der Waals surface area contributed by atoms with Gasteiger partial charge in [-0.15, -0.1) is 0 Å². The van der Waals surface area contributed by atoms with Crippen LogP contribution in [0.1, 0.15) is 32.1 Å². The summed E-state index contributed by atoms with van der Waals surface area (Å²) in [5.74, 6) is 0.411. The van der Waals surface area contributed by atoms with Gasteiger partial charge in [0.05, 0.1) is 18.8 Å². The third kappa shape index (κ3) is 1.52. The van der Waals surface area contributed by atoms with Gasteiger partial charge in [-0.3, -0.25) is 0 Å². The molecule has 0 amide bonds. The van der Waals surface area contributed by atoms with Crippen LogP contribution in [-0.2, 0) is 4.74 Å². The van der Waals surface area contributed by atoms with E-state index >= 15 is 0 Å². The molecule has 3 heteroatoms. The molecule has 3 rings (SSSR count). The molecule has 3 fully saturated rings. The molecule has 3 nitrogen and oxygen atoms in total. The fourth-order valence-corrected chi connectivity index (χ4v) is 3.57. The molecule has 15 heavy (non-hydrogen) atoms. The van der Waals surface area contributed by atoms with Gasteiger partial charge in [0.2, 0.25) is 0 Å². The lowest BCUT2D eigenvalue weighted by Crippen LogP contribution is -2.61. The van der Waals surface area contributed by atoms with Gasteiger partial charge in [0.25, 0.3) is 0 Å². The minimum absolute atomic E-state index is 0.411. The van der Waals surface area contributed by atoms with Crippen molar-refractivity contribution in [2.45, 2.75) is 49.8 Å². The highest BCUT2D eigenvalue weighted by Crippen LogP contribution is 2.43. The Morgan fingerprint density at radius 1 is 1.20 bits per heavy atom. The third-order valence-corrected chi connectivity index (χ3v) is 4.80. The van der Waals surface area contributed by atoms with E-state index < -0.39 is 5.60 Å². The van der Waals surface area contributed by atoms with E-state index in [2.05, 4.69) is 11.9 Å². The molecule has 2 atom stereocenters. The SMILES string of the molecule is CN1C2CCCC1CC(O)(C1COC1)C2. The third-order valence-electron chi connectivity index (χ3n) is 4.80. The summed E-state index contributed by atoms with van der Waals surface area (Å²) in [5.41, 5.74) is -0.416. The van der Waals surface area contributed by atoms with Crippen molar-refractivity contribution >= 4 is 0 Å². The van der Waals surface area contributed by atoms with E-state index in [1.807, 2.05) is 0 Å². The maximum absolute atomic E-state index is 10.7. The second-order valence-electron chi connectivity index (χ2n) is 5.65. The van der Waals surface area contributed by atoms with E-state index in [1.165, 1.54) is 19.3 Å². The quantitative estimate of drug-likeness (QED) is 0.702. The van der Waals surface area contributed by atoms with Crippen LogP contribution in [0, 0.1) is 5.92 Å². The molecule has 0 spiro atoms. The lowest BCUT2D eigenvalue weighted by atomic mass is 9.69. The van der Waals surface area contributed by atoms with Crippen molar-refractivity contribution in [2.24, 2.45) is 5.92 Å². The number of nitrogens with zero attached hydrogens (tertiary/aromatic N) is 1. The van der Waals surface area contributed by atoms with Gasteiger partial charge < -0.3 is 14.7 Å². The largest absolute Gasteiger partial charge is 0.389 e. The number of piperidine rings is 2. The van der Waals surface area contributed by atoms with Crippen LogP contribution in [0.5, 0.6) is 0 Å². The molecule has 2 bridgehead atoms. The normalized spacial score (nSPS) is 47.6. The van der Waals surface area contributed by atoms with Crippen molar-refractivity contribution in [1.82, 2.24) is 4.90 Å². The lowest BCUT2D eigenvalue weighted by molar-refractivity contribution is -0.186. The fraction of sp³-hybridized carbons (Fsp3) is 1.00. The number of aliphatic hydroxyl groups is 1. The summed E-state index contributed by atoms with van der Waals surface area (Å²) in [6.07, 6.45) is 5.81. The second kappa shape index (κ2) is 3.44. The molecule has 3 saturated heterocycles. The Kier molecular flexibility index (Phi) is 2.31. The maximum Gasteiger partial charge on any atom is 0.0749 e. The highest BCUT2D eigenvalue weighted by molar-refractivity contribution is 5.02. The Hall–Kier alpha value is -0.120. The summed E-state index contributed by atoms with van der Waals surface area (Å²) < 4.78 is 5.23. The average molecular weight is 211 g/mol. The van der Waals surface area contributed by atoms with Crippen molar-refractivity contribution in [2.75, 3.05) is 20.3 Å².